The van der Waals surface area contributed by atoms with Crippen LogP contribution in [0.3, 0.4) is 0 Å². The van der Waals surface area contributed by atoms with Gasteiger partial charge in [0.15, 0.2) is 0 Å². The molecule has 1 aliphatic rings. The molecular formula is C13H18ClNO2. The van der Waals surface area contributed by atoms with E-state index in [1.54, 1.807) is 6.07 Å². The molecule has 0 aromatic heterocycles. The van der Waals surface area contributed by atoms with Gasteiger partial charge in [-0.15, -0.1) is 0 Å². The highest BCUT2D eigenvalue weighted by molar-refractivity contribution is 6.31. The minimum atomic E-state index is -0.0404. The Balaban J connectivity index is 2.30. The van der Waals surface area contributed by atoms with Crippen LogP contribution in [-0.4, -0.2) is 30.9 Å². The molecule has 1 aliphatic heterocycles. The molecule has 1 aromatic rings. The third-order valence-electron chi connectivity index (χ3n) is 3.47. The van der Waals surface area contributed by atoms with Crippen molar-refractivity contribution in [2.75, 3.05) is 18.6 Å². The third kappa shape index (κ3) is 2.41. The van der Waals surface area contributed by atoms with Gasteiger partial charge in [-0.25, -0.2) is 0 Å². The molecule has 1 saturated heterocycles. The number of ether oxygens (including phenoxy) is 1. The van der Waals surface area contributed by atoms with E-state index in [1.807, 2.05) is 19.2 Å². The van der Waals surface area contributed by atoms with Gasteiger partial charge >= 0.3 is 0 Å². The summed E-state index contributed by atoms with van der Waals surface area (Å²) in [5.41, 5.74) is 1.78. The van der Waals surface area contributed by atoms with E-state index in [2.05, 4.69) is 11.8 Å². The summed E-state index contributed by atoms with van der Waals surface area (Å²) in [5.74, 6) is 0. The van der Waals surface area contributed by atoms with E-state index in [1.165, 1.54) is 0 Å². The minimum absolute atomic E-state index is 0.0404. The fourth-order valence-electron chi connectivity index (χ4n) is 2.44. The second-order valence-electron chi connectivity index (χ2n) is 4.44. The van der Waals surface area contributed by atoms with E-state index in [0.29, 0.717) is 11.1 Å². The molecule has 0 aliphatic carbocycles. The van der Waals surface area contributed by atoms with E-state index < -0.39 is 0 Å². The van der Waals surface area contributed by atoms with Gasteiger partial charge in [-0.05, 0) is 25.5 Å². The van der Waals surface area contributed by atoms with Gasteiger partial charge in [0.25, 0.3) is 0 Å². The van der Waals surface area contributed by atoms with Crippen LogP contribution >= 0.6 is 11.6 Å². The Labute approximate surface area is 107 Å². The van der Waals surface area contributed by atoms with Crippen LogP contribution in [0.1, 0.15) is 18.9 Å². The Bertz CT molecular complexity index is 397. The number of hydrogen-bond donors (Lipinski definition) is 1. The van der Waals surface area contributed by atoms with Crippen molar-refractivity contribution in [2.24, 2.45) is 0 Å². The molecule has 1 aromatic carbocycles. The molecule has 17 heavy (non-hydrogen) atoms. The zero-order valence-corrected chi connectivity index (χ0v) is 10.9. The highest BCUT2D eigenvalue weighted by Crippen LogP contribution is 2.31. The van der Waals surface area contributed by atoms with Crippen LogP contribution in [0.4, 0.5) is 5.69 Å². The van der Waals surface area contributed by atoms with E-state index >= 15 is 0 Å². The van der Waals surface area contributed by atoms with Crippen molar-refractivity contribution in [3.05, 3.63) is 28.8 Å². The molecule has 0 saturated carbocycles. The Morgan fingerprint density at radius 2 is 2.29 bits per heavy atom. The third-order valence-corrected chi connectivity index (χ3v) is 3.82. The average Bonchev–Trinajstić information content (AvgIpc) is 2.74. The van der Waals surface area contributed by atoms with Crippen molar-refractivity contribution in [1.29, 1.82) is 0 Å². The predicted molar refractivity (Wildman–Crippen MR) is 69.6 cm³/mol. The first-order valence-corrected chi connectivity index (χ1v) is 6.25. The molecule has 2 atom stereocenters. The van der Waals surface area contributed by atoms with Gasteiger partial charge < -0.3 is 14.7 Å². The molecule has 94 valence electrons. The zero-order chi connectivity index (χ0) is 12.4. The highest BCUT2D eigenvalue weighted by atomic mass is 35.5. The molecule has 0 bridgehead atoms. The van der Waals surface area contributed by atoms with Crippen LogP contribution in [0.25, 0.3) is 0 Å². The van der Waals surface area contributed by atoms with Crippen LogP contribution < -0.4 is 4.90 Å². The molecule has 2 unspecified atom stereocenters. The monoisotopic (exact) mass is 255 g/mol. The standard InChI is InChI=1S/C13H18ClNO2/c1-9-12(6-7-17-9)15(2)13-5-3-4-11(14)10(13)8-16/h3-5,9,12,16H,6-8H2,1-2H3. The normalized spacial score (nSPS) is 24.0. The first-order chi connectivity index (χ1) is 8.15. The summed E-state index contributed by atoms with van der Waals surface area (Å²) in [5, 5.41) is 10.0. The number of aliphatic hydroxyl groups is 1. The van der Waals surface area contributed by atoms with Crippen molar-refractivity contribution in [3.8, 4) is 0 Å². The number of anilines is 1. The second-order valence-corrected chi connectivity index (χ2v) is 4.85. The summed E-state index contributed by atoms with van der Waals surface area (Å²) in [4.78, 5) is 2.16. The molecule has 0 radical (unpaired) electrons. The number of hydrogen-bond acceptors (Lipinski definition) is 3. The Morgan fingerprint density at radius 1 is 1.53 bits per heavy atom. The largest absolute Gasteiger partial charge is 0.392 e. The van der Waals surface area contributed by atoms with Crippen molar-refractivity contribution < 1.29 is 9.84 Å². The van der Waals surface area contributed by atoms with Crippen molar-refractivity contribution in [2.45, 2.75) is 32.1 Å². The predicted octanol–water partition coefficient (Wildman–Crippen LogP) is 2.45. The lowest BCUT2D eigenvalue weighted by atomic mass is 10.1. The second kappa shape index (κ2) is 5.25. The summed E-state index contributed by atoms with van der Waals surface area (Å²) in [6.45, 7) is 2.84. The fraction of sp³-hybridized carbons (Fsp3) is 0.538. The molecular weight excluding hydrogens is 238 g/mol. The first kappa shape index (κ1) is 12.7. The number of aliphatic hydroxyl groups excluding tert-OH is 1. The van der Waals surface area contributed by atoms with E-state index in [-0.39, 0.29) is 12.7 Å². The van der Waals surface area contributed by atoms with Gasteiger partial charge in [0.05, 0.1) is 18.8 Å². The molecule has 1 heterocycles. The summed E-state index contributed by atoms with van der Waals surface area (Å²) in [6.07, 6.45) is 1.22. The van der Waals surface area contributed by atoms with Crippen molar-refractivity contribution in [1.82, 2.24) is 0 Å². The molecule has 3 nitrogen and oxygen atoms in total. The fourth-order valence-corrected chi connectivity index (χ4v) is 2.67. The molecule has 1 N–H and O–H groups in total. The first-order valence-electron chi connectivity index (χ1n) is 5.88. The Morgan fingerprint density at radius 3 is 2.88 bits per heavy atom. The van der Waals surface area contributed by atoms with E-state index in [0.717, 1.165) is 24.3 Å². The Hall–Kier alpha value is -0.770. The Kier molecular flexibility index (Phi) is 3.92. The van der Waals surface area contributed by atoms with Gasteiger partial charge in [0.2, 0.25) is 0 Å². The zero-order valence-electron chi connectivity index (χ0n) is 10.2. The van der Waals surface area contributed by atoms with Crippen LogP contribution in [-0.2, 0) is 11.3 Å². The molecule has 0 spiro atoms. The van der Waals surface area contributed by atoms with Gasteiger partial charge in [0.1, 0.15) is 0 Å². The number of nitrogens with zero attached hydrogens (tertiary/aromatic N) is 1. The van der Waals surface area contributed by atoms with Gasteiger partial charge in [-0.1, -0.05) is 17.7 Å². The molecule has 4 heteroatoms. The smallest absolute Gasteiger partial charge is 0.0750 e. The number of rotatable bonds is 3. The van der Waals surface area contributed by atoms with E-state index in [9.17, 15) is 5.11 Å². The molecule has 2 rings (SSSR count). The molecule has 1 fully saturated rings. The van der Waals surface area contributed by atoms with Crippen molar-refractivity contribution in [3.63, 3.8) is 0 Å². The SMILES string of the molecule is CC1OCCC1N(C)c1cccc(Cl)c1CO. The van der Waals surface area contributed by atoms with Gasteiger partial charge in [0, 0.05) is 29.9 Å². The lowest BCUT2D eigenvalue weighted by Crippen LogP contribution is -2.37. The van der Waals surface area contributed by atoms with Crippen LogP contribution in [0.5, 0.6) is 0 Å². The lowest BCUT2D eigenvalue weighted by molar-refractivity contribution is 0.118. The lowest BCUT2D eigenvalue weighted by Gasteiger charge is -2.30. The summed E-state index contributed by atoms with van der Waals surface area (Å²) in [6, 6.07) is 6.05. The van der Waals surface area contributed by atoms with Crippen LogP contribution in [0, 0.1) is 0 Å². The van der Waals surface area contributed by atoms with Crippen molar-refractivity contribution >= 4 is 17.3 Å². The minimum Gasteiger partial charge on any atom is -0.392 e. The summed E-state index contributed by atoms with van der Waals surface area (Å²) < 4.78 is 5.57. The van der Waals surface area contributed by atoms with E-state index in [4.69, 9.17) is 16.3 Å². The number of halogens is 1. The van der Waals surface area contributed by atoms with Crippen LogP contribution in [0.15, 0.2) is 18.2 Å². The van der Waals surface area contributed by atoms with Gasteiger partial charge in [-0.2, -0.15) is 0 Å². The number of benzene rings is 1. The average molecular weight is 256 g/mol. The van der Waals surface area contributed by atoms with Gasteiger partial charge in [-0.3, -0.25) is 0 Å². The highest BCUT2D eigenvalue weighted by Gasteiger charge is 2.29. The maximum Gasteiger partial charge on any atom is 0.0750 e. The summed E-state index contributed by atoms with van der Waals surface area (Å²) in [7, 11) is 2.03. The topological polar surface area (TPSA) is 32.7 Å². The summed E-state index contributed by atoms with van der Waals surface area (Å²) >= 11 is 6.10. The molecule has 0 amide bonds. The quantitative estimate of drug-likeness (QED) is 0.901. The van der Waals surface area contributed by atoms with Crippen LogP contribution in [0.2, 0.25) is 5.02 Å². The maximum absolute atomic E-state index is 9.41. The maximum atomic E-state index is 9.41. The number of likely N-dealkylation sites (N-methyl/N-ethyl adjacent to an activating group) is 1.